The lowest BCUT2D eigenvalue weighted by Gasteiger charge is -2.39. The zero-order chi connectivity index (χ0) is 20.6. The first-order valence-electron chi connectivity index (χ1n) is 9.92. The molecule has 0 radical (unpaired) electrons. The molecule has 1 aromatic carbocycles. The highest BCUT2D eigenvalue weighted by Gasteiger charge is 2.55. The molecule has 0 spiro atoms. The van der Waals surface area contributed by atoms with Crippen LogP contribution < -0.4 is 17.0 Å². The summed E-state index contributed by atoms with van der Waals surface area (Å²) in [5.41, 5.74) is -0.942. The van der Waals surface area contributed by atoms with Gasteiger partial charge in [0.2, 0.25) is 5.92 Å². The van der Waals surface area contributed by atoms with E-state index in [-0.39, 0.29) is 35.9 Å². The lowest BCUT2D eigenvalue weighted by atomic mass is 9.79. The average molecular weight is 474 g/mol. The predicted octanol–water partition coefficient (Wildman–Crippen LogP) is 0.739. The normalized spacial score (nSPS) is 25.5. The molecule has 2 atom stereocenters. The Balaban J connectivity index is 0.00000300. The van der Waals surface area contributed by atoms with Crippen LogP contribution in [-0.4, -0.2) is 54.8 Å². The maximum atomic E-state index is 13.9. The first-order chi connectivity index (χ1) is 13.1. The number of ether oxygens (including phenoxy) is 1. The van der Waals surface area contributed by atoms with Crippen molar-refractivity contribution in [1.29, 1.82) is 0 Å². The van der Waals surface area contributed by atoms with Crippen molar-refractivity contribution in [3.8, 4) is 0 Å². The van der Waals surface area contributed by atoms with Gasteiger partial charge in [-0.15, -0.1) is 0 Å². The molecule has 162 valence electrons. The third-order valence-corrected chi connectivity index (χ3v) is 6.28. The number of nitrogens with zero attached hydrogens (tertiary/aromatic N) is 1. The second kappa shape index (κ2) is 8.82. The largest absolute Gasteiger partial charge is 1.00 e. The van der Waals surface area contributed by atoms with Crippen LogP contribution in [0.5, 0.6) is 0 Å². The quantitative estimate of drug-likeness (QED) is 0.506. The molecule has 4 nitrogen and oxygen atoms in total. The molecule has 0 unspecified atom stereocenters. The second-order valence-electron chi connectivity index (χ2n) is 8.88. The fraction of sp³-hybridized carbons (Fsp3) is 0.591. The predicted molar refractivity (Wildman–Crippen MR) is 104 cm³/mol. The summed E-state index contributed by atoms with van der Waals surface area (Å²) in [6.07, 6.45) is 1.99. The number of carbonyl (C=O) groups excluding carboxylic acids is 1. The fourth-order valence-electron chi connectivity index (χ4n) is 4.30. The van der Waals surface area contributed by atoms with E-state index in [2.05, 4.69) is 20.7 Å². The highest BCUT2D eigenvalue weighted by molar-refractivity contribution is 5.82. The average Bonchev–Trinajstić information content (AvgIpc) is 3.03. The van der Waals surface area contributed by atoms with Crippen LogP contribution in [0.4, 0.5) is 8.78 Å². The SMILES string of the molecule is C=Cc1ccc([C@@](O)(C(=O)OC2CC[N+](C)(C)CC2)[C@@H]2CCC(F)(F)C2)cc1.[Br-]. The summed E-state index contributed by atoms with van der Waals surface area (Å²) < 4.78 is 34.3. The molecular weight excluding hydrogens is 444 g/mol. The smallest absolute Gasteiger partial charge is 0.343 e. The first-order valence-corrected chi connectivity index (χ1v) is 9.92. The van der Waals surface area contributed by atoms with Crippen LogP contribution in [0.15, 0.2) is 30.8 Å². The van der Waals surface area contributed by atoms with Crippen molar-refractivity contribution < 1.29 is 44.9 Å². The van der Waals surface area contributed by atoms with E-state index in [0.29, 0.717) is 18.4 Å². The Kier molecular flexibility index (Phi) is 7.29. The Hall–Kier alpha value is -1.31. The molecule has 1 heterocycles. The van der Waals surface area contributed by atoms with Gasteiger partial charge < -0.3 is 31.3 Å². The maximum Gasteiger partial charge on any atom is 0.343 e. The first kappa shape index (κ1) is 24.0. The van der Waals surface area contributed by atoms with Gasteiger partial charge in [-0.2, -0.15) is 0 Å². The molecule has 0 aromatic heterocycles. The van der Waals surface area contributed by atoms with Gasteiger partial charge in [0.05, 0.1) is 27.2 Å². The number of halogens is 3. The Morgan fingerprint density at radius 2 is 1.83 bits per heavy atom. The minimum Gasteiger partial charge on any atom is -1.00 e. The number of carbonyl (C=O) groups is 1. The van der Waals surface area contributed by atoms with Gasteiger partial charge in [0, 0.05) is 31.6 Å². The van der Waals surface area contributed by atoms with Crippen molar-refractivity contribution in [2.45, 2.75) is 49.7 Å². The second-order valence-corrected chi connectivity index (χ2v) is 8.88. The summed E-state index contributed by atoms with van der Waals surface area (Å²) in [6.45, 7) is 5.42. The summed E-state index contributed by atoms with van der Waals surface area (Å²) >= 11 is 0. The Labute approximate surface area is 181 Å². The third kappa shape index (κ3) is 5.25. The van der Waals surface area contributed by atoms with E-state index >= 15 is 0 Å². The summed E-state index contributed by atoms with van der Waals surface area (Å²) in [7, 11) is 4.24. The van der Waals surface area contributed by atoms with Crippen LogP contribution in [0.3, 0.4) is 0 Å². The number of hydrogen-bond acceptors (Lipinski definition) is 3. The van der Waals surface area contributed by atoms with Crippen LogP contribution in [0.2, 0.25) is 0 Å². The van der Waals surface area contributed by atoms with E-state index < -0.39 is 29.8 Å². The lowest BCUT2D eigenvalue weighted by molar-refractivity contribution is -0.896. The van der Waals surface area contributed by atoms with E-state index in [4.69, 9.17) is 4.74 Å². The number of esters is 1. The molecule has 1 aromatic rings. The van der Waals surface area contributed by atoms with Crippen molar-refractivity contribution in [2.75, 3.05) is 27.2 Å². The number of quaternary nitrogens is 1. The number of piperidine rings is 1. The zero-order valence-electron chi connectivity index (χ0n) is 17.0. The molecule has 2 fully saturated rings. The number of likely N-dealkylation sites (tertiary alicyclic amines) is 1. The van der Waals surface area contributed by atoms with Gasteiger partial charge in [-0.1, -0.05) is 36.9 Å². The van der Waals surface area contributed by atoms with Crippen LogP contribution in [-0.2, 0) is 15.1 Å². The van der Waals surface area contributed by atoms with Crippen LogP contribution in [0, 0.1) is 5.92 Å². The van der Waals surface area contributed by atoms with Crippen molar-refractivity contribution in [3.63, 3.8) is 0 Å². The van der Waals surface area contributed by atoms with Gasteiger partial charge in [0.1, 0.15) is 6.10 Å². The van der Waals surface area contributed by atoms with Crippen LogP contribution in [0.1, 0.15) is 43.2 Å². The molecule has 2 aliphatic rings. The van der Waals surface area contributed by atoms with Crippen molar-refractivity contribution in [2.24, 2.45) is 5.92 Å². The third-order valence-electron chi connectivity index (χ3n) is 6.28. The van der Waals surface area contributed by atoms with E-state index in [1.54, 1.807) is 30.3 Å². The van der Waals surface area contributed by atoms with Crippen molar-refractivity contribution in [3.05, 3.63) is 42.0 Å². The summed E-state index contributed by atoms with van der Waals surface area (Å²) in [4.78, 5) is 13.1. The molecule has 7 heteroatoms. The minimum absolute atomic E-state index is 0. The Morgan fingerprint density at radius 3 is 2.31 bits per heavy atom. The Morgan fingerprint density at radius 1 is 1.24 bits per heavy atom. The molecule has 1 aliphatic carbocycles. The molecule has 1 saturated heterocycles. The maximum absolute atomic E-state index is 13.9. The standard InChI is InChI=1S/C22H30F2NO3.BrH/c1-4-16-5-7-17(8-6-16)22(27,18-9-12-21(23,24)15-18)20(26)28-19-10-13-25(2,3)14-11-19;/h4-8,18-19,27H,1,9-15H2,2-3H3;1H/q+1;/p-1/t18-,22+;/m1./s1. The van der Waals surface area contributed by atoms with Gasteiger partial charge in [0.15, 0.2) is 5.60 Å². The van der Waals surface area contributed by atoms with E-state index in [0.717, 1.165) is 23.1 Å². The van der Waals surface area contributed by atoms with Gasteiger partial charge in [0.25, 0.3) is 0 Å². The molecule has 1 N–H and O–H groups in total. The van der Waals surface area contributed by atoms with E-state index in [1.807, 2.05) is 0 Å². The lowest BCUT2D eigenvalue weighted by Crippen LogP contribution is -3.00. The molecule has 3 rings (SSSR count). The number of alkyl halides is 2. The number of benzene rings is 1. The van der Waals surface area contributed by atoms with E-state index in [9.17, 15) is 18.7 Å². The van der Waals surface area contributed by atoms with E-state index in [1.165, 1.54) is 0 Å². The molecule has 0 bridgehead atoms. The molecule has 0 amide bonds. The van der Waals surface area contributed by atoms with Gasteiger partial charge in [-0.3, -0.25) is 0 Å². The molecular formula is C22H30BrF2NO3. The Bertz CT molecular complexity index is 728. The molecule has 1 aliphatic heterocycles. The monoisotopic (exact) mass is 473 g/mol. The number of aliphatic hydroxyl groups is 1. The highest BCUT2D eigenvalue weighted by Crippen LogP contribution is 2.48. The van der Waals surface area contributed by atoms with Crippen LogP contribution >= 0.6 is 0 Å². The molecule has 29 heavy (non-hydrogen) atoms. The van der Waals surface area contributed by atoms with Gasteiger partial charge in [-0.25, -0.2) is 13.6 Å². The van der Waals surface area contributed by atoms with Crippen molar-refractivity contribution >= 4 is 12.0 Å². The zero-order valence-corrected chi connectivity index (χ0v) is 18.6. The summed E-state index contributed by atoms with van der Waals surface area (Å²) in [5.74, 6) is -4.55. The highest BCUT2D eigenvalue weighted by atomic mass is 79.9. The van der Waals surface area contributed by atoms with Gasteiger partial charge in [-0.05, 0) is 17.5 Å². The van der Waals surface area contributed by atoms with Crippen LogP contribution in [0.25, 0.3) is 6.08 Å². The van der Waals surface area contributed by atoms with Crippen molar-refractivity contribution in [1.82, 2.24) is 0 Å². The topological polar surface area (TPSA) is 46.5 Å². The summed E-state index contributed by atoms with van der Waals surface area (Å²) in [6, 6.07) is 6.65. The minimum atomic E-state index is -2.87. The summed E-state index contributed by atoms with van der Waals surface area (Å²) in [5, 5.41) is 11.4. The number of rotatable bonds is 5. The number of hydrogen-bond donors (Lipinski definition) is 1. The van der Waals surface area contributed by atoms with Gasteiger partial charge >= 0.3 is 5.97 Å². The fourth-order valence-corrected chi connectivity index (χ4v) is 4.30. The molecule has 1 saturated carbocycles.